The Balaban J connectivity index is 2.55. The first-order valence-corrected chi connectivity index (χ1v) is 6.38. The molecule has 1 saturated carbocycles. The Morgan fingerprint density at radius 1 is 1.38 bits per heavy atom. The highest BCUT2D eigenvalue weighted by atomic mass is 16.5. The molecule has 96 valence electrons. The lowest BCUT2D eigenvalue weighted by atomic mass is 9.63. The first kappa shape index (κ1) is 13.9. The van der Waals surface area contributed by atoms with Crippen LogP contribution in [0.5, 0.6) is 0 Å². The van der Waals surface area contributed by atoms with E-state index in [1.807, 2.05) is 0 Å². The number of hydrogen-bond donors (Lipinski definition) is 1. The van der Waals surface area contributed by atoms with Crippen molar-refractivity contribution < 1.29 is 4.74 Å². The lowest BCUT2D eigenvalue weighted by Crippen LogP contribution is -2.63. The summed E-state index contributed by atoms with van der Waals surface area (Å²) in [6, 6.07) is 0.446. The van der Waals surface area contributed by atoms with E-state index in [4.69, 9.17) is 10.5 Å². The van der Waals surface area contributed by atoms with Crippen LogP contribution in [0.1, 0.15) is 33.6 Å². The second-order valence-electron chi connectivity index (χ2n) is 5.76. The molecule has 0 aromatic carbocycles. The molecule has 0 radical (unpaired) electrons. The Morgan fingerprint density at radius 2 is 1.94 bits per heavy atom. The van der Waals surface area contributed by atoms with Crippen LogP contribution in [0.4, 0.5) is 0 Å². The summed E-state index contributed by atoms with van der Waals surface area (Å²) in [6.07, 6.45) is 2.48. The van der Waals surface area contributed by atoms with Crippen molar-refractivity contribution in [3.63, 3.8) is 0 Å². The summed E-state index contributed by atoms with van der Waals surface area (Å²) >= 11 is 0. The van der Waals surface area contributed by atoms with E-state index in [0.717, 1.165) is 25.0 Å². The van der Waals surface area contributed by atoms with Gasteiger partial charge in [-0.3, -0.25) is 4.90 Å². The minimum absolute atomic E-state index is 0.229. The highest BCUT2D eigenvalue weighted by molar-refractivity contribution is 5.04. The molecule has 0 amide bonds. The van der Waals surface area contributed by atoms with Gasteiger partial charge in [0.05, 0.1) is 6.61 Å². The van der Waals surface area contributed by atoms with Crippen molar-refractivity contribution in [1.29, 1.82) is 0 Å². The van der Waals surface area contributed by atoms with Gasteiger partial charge in [-0.05, 0) is 38.6 Å². The standard InChI is InChI=1S/C13H28N2O/c1-10(2)12-6-13(7-12,9-14)15(4)11(3)8-16-5/h10-12H,6-9,14H2,1-5H3. The Hall–Kier alpha value is -0.120. The molecule has 3 nitrogen and oxygen atoms in total. The maximum absolute atomic E-state index is 5.98. The van der Waals surface area contributed by atoms with Crippen molar-refractivity contribution in [2.75, 3.05) is 27.3 Å². The van der Waals surface area contributed by atoms with Crippen LogP contribution >= 0.6 is 0 Å². The molecule has 1 unspecified atom stereocenters. The van der Waals surface area contributed by atoms with E-state index in [9.17, 15) is 0 Å². The average molecular weight is 228 g/mol. The van der Waals surface area contributed by atoms with E-state index >= 15 is 0 Å². The van der Waals surface area contributed by atoms with Gasteiger partial charge in [0.2, 0.25) is 0 Å². The van der Waals surface area contributed by atoms with Crippen molar-refractivity contribution in [1.82, 2.24) is 4.90 Å². The maximum Gasteiger partial charge on any atom is 0.0615 e. The average Bonchev–Trinajstić information content (AvgIpc) is 2.16. The summed E-state index contributed by atoms with van der Waals surface area (Å²) in [5, 5.41) is 0. The summed E-state index contributed by atoms with van der Waals surface area (Å²) in [7, 11) is 3.95. The van der Waals surface area contributed by atoms with Crippen LogP contribution in [0.25, 0.3) is 0 Å². The van der Waals surface area contributed by atoms with Gasteiger partial charge in [0, 0.05) is 25.2 Å². The van der Waals surface area contributed by atoms with Gasteiger partial charge in [-0.25, -0.2) is 0 Å². The molecule has 2 N–H and O–H groups in total. The molecule has 1 aliphatic rings. The molecule has 0 aromatic heterocycles. The fraction of sp³-hybridized carbons (Fsp3) is 1.00. The summed E-state index contributed by atoms with van der Waals surface area (Å²) in [5.74, 6) is 1.63. The molecule has 1 fully saturated rings. The van der Waals surface area contributed by atoms with Gasteiger partial charge < -0.3 is 10.5 Å². The van der Waals surface area contributed by atoms with Gasteiger partial charge >= 0.3 is 0 Å². The monoisotopic (exact) mass is 228 g/mol. The van der Waals surface area contributed by atoms with E-state index in [0.29, 0.717) is 6.04 Å². The van der Waals surface area contributed by atoms with E-state index < -0.39 is 0 Å². The molecule has 0 heterocycles. The highest BCUT2D eigenvalue weighted by Crippen LogP contribution is 2.45. The normalized spacial score (nSPS) is 31.9. The van der Waals surface area contributed by atoms with Crippen molar-refractivity contribution in [3.05, 3.63) is 0 Å². The van der Waals surface area contributed by atoms with E-state index in [1.165, 1.54) is 12.8 Å². The Kier molecular flexibility index (Phi) is 4.77. The molecule has 0 spiro atoms. The van der Waals surface area contributed by atoms with Gasteiger partial charge in [0.15, 0.2) is 0 Å². The van der Waals surface area contributed by atoms with Crippen molar-refractivity contribution >= 4 is 0 Å². The van der Waals surface area contributed by atoms with Crippen LogP contribution in [0.2, 0.25) is 0 Å². The minimum Gasteiger partial charge on any atom is -0.383 e. The molecular formula is C13H28N2O. The zero-order valence-electron chi connectivity index (χ0n) is 11.5. The quantitative estimate of drug-likeness (QED) is 0.752. The van der Waals surface area contributed by atoms with Crippen LogP contribution in [0, 0.1) is 11.8 Å². The summed E-state index contributed by atoms with van der Waals surface area (Å²) in [6.45, 7) is 8.38. The first-order chi connectivity index (χ1) is 7.46. The molecule has 0 aromatic rings. The SMILES string of the molecule is COCC(C)N(C)C1(CN)CC(C(C)C)C1. The molecule has 1 aliphatic carbocycles. The number of methoxy groups -OCH3 is 1. The zero-order valence-corrected chi connectivity index (χ0v) is 11.5. The van der Waals surface area contributed by atoms with Crippen molar-refractivity contribution in [3.8, 4) is 0 Å². The van der Waals surface area contributed by atoms with E-state index in [-0.39, 0.29) is 5.54 Å². The molecule has 1 rings (SSSR count). The first-order valence-electron chi connectivity index (χ1n) is 6.38. The van der Waals surface area contributed by atoms with Crippen molar-refractivity contribution in [2.45, 2.75) is 45.2 Å². The van der Waals surface area contributed by atoms with E-state index in [1.54, 1.807) is 7.11 Å². The highest BCUT2D eigenvalue weighted by Gasteiger charge is 2.47. The third-order valence-corrected chi connectivity index (χ3v) is 4.42. The van der Waals surface area contributed by atoms with Gasteiger partial charge in [0.25, 0.3) is 0 Å². The number of rotatable bonds is 6. The van der Waals surface area contributed by atoms with Crippen LogP contribution in [-0.4, -0.2) is 43.8 Å². The van der Waals surface area contributed by atoms with Crippen LogP contribution < -0.4 is 5.73 Å². The Labute approximate surface area is 100 Å². The van der Waals surface area contributed by atoms with Gasteiger partial charge in [0.1, 0.15) is 0 Å². The smallest absolute Gasteiger partial charge is 0.0615 e. The molecule has 1 atom stereocenters. The van der Waals surface area contributed by atoms with Crippen molar-refractivity contribution in [2.24, 2.45) is 17.6 Å². The Morgan fingerprint density at radius 3 is 2.31 bits per heavy atom. The van der Waals surface area contributed by atoms with Crippen LogP contribution in [0.3, 0.4) is 0 Å². The summed E-state index contributed by atoms with van der Waals surface area (Å²) < 4.78 is 5.22. The number of likely N-dealkylation sites (N-methyl/N-ethyl adjacent to an activating group) is 1. The number of nitrogens with zero attached hydrogens (tertiary/aromatic N) is 1. The maximum atomic E-state index is 5.98. The van der Waals surface area contributed by atoms with Gasteiger partial charge in [-0.1, -0.05) is 13.8 Å². The number of ether oxygens (including phenoxy) is 1. The molecule has 0 aliphatic heterocycles. The largest absolute Gasteiger partial charge is 0.383 e. The predicted molar refractivity (Wildman–Crippen MR) is 68.4 cm³/mol. The fourth-order valence-electron chi connectivity index (χ4n) is 2.81. The van der Waals surface area contributed by atoms with E-state index in [2.05, 4.69) is 32.7 Å². The van der Waals surface area contributed by atoms with Gasteiger partial charge in [-0.2, -0.15) is 0 Å². The molecule has 0 bridgehead atoms. The summed E-state index contributed by atoms with van der Waals surface area (Å²) in [4.78, 5) is 2.43. The zero-order chi connectivity index (χ0) is 12.3. The lowest BCUT2D eigenvalue weighted by Gasteiger charge is -2.56. The second-order valence-corrected chi connectivity index (χ2v) is 5.76. The fourth-order valence-corrected chi connectivity index (χ4v) is 2.81. The third-order valence-electron chi connectivity index (χ3n) is 4.42. The molecule has 0 saturated heterocycles. The molecule has 3 heteroatoms. The van der Waals surface area contributed by atoms with Gasteiger partial charge in [-0.15, -0.1) is 0 Å². The summed E-state index contributed by atoms with van der Waals surface area (Å²) in [5.41, 5.74) is 6.21. The third kappa shape index (κ3) is 2.58. The minimum atomic E-state index is 0.229. The second kappa shape index (κ2) is 5.48. The Bertz CT molecular complexity index is 212. The number of hydrogen-bond acceptors (Lipinski definition) is 3. The lowest BCUT2D eigenvalue weighted by molar-refractivity contribution is -0.0535. The molecule has 16 heavy (non-hydrogen) atoms. The topological polar surface area (TPSA) is 38.5 Å². The molecular weight excluding hydrogens is 200 g/mol. The van der Waals surface area contributed by atoms with Crippen LogP contribution in [0.15, 0.2) is 0 Å². The predicted octanol–water partition coefficient (Wildman–Crippen LogP) is 1.72. The number of nitrogens with two attached hydrogens (primary N) is 1. The van der Waals surface area contributed by atoms with Crippen LogP contribution in [-0.2, 0) is 4.74 Å².